The van der Waals surface area contributed by atoms with Gasteiger partial charge in [-0.05, 0) is 36.0 Å². The SMILES string of the molecule is C[C@@H]1C[C@@H]2[C@H](C[C@H]1O)C2(C)C. The summed E-state index contributed by atoms with van der Waals surface area (Å²) in [6.45, 7) is 6.86. The van der Waals surface area contributed by atoms with Crippen molar-refractivity contribution in [2.75, 3.05) is 0 Å². The Labute approximate surface area is 68.8 Å². The minimum absolute atomic E-state index is 0.0157. The Bertz CT molecular complexity index is 156. The molecule has 0 aromatic heterocycles. The average molecular weight is 154 g/mol. The van der Waals surface area contributed by atoms with Gasteiger partial charge < -0.3 is 5.11 Å². The zero-order chi connectivity index (χ0) is 8.22. The summed E-state index contributed by atoms with van der Waals surface area (Å²) in [6.07, 6.45) is 2.29. The zero-order valence-electron chi connectivity index (χ0n) is 7.67. The van der Waals surface area contributed by atoms with Gasteiger partial charge in [0.25, 0.3) is 0 Å². The van der Waals surface area contributed by atoms with E-state index in [0.29, 0.717) is 11.3 Å². The average Bonchev–Trinajstić information content (AvgIpc) is 2.39. The predicted octanol–water partition coefficient (Wildman–Crippen LogP) is 2.05. The molecule has 0 amide bonds. The minimum Gasteiger partial charge on any atom is -0.393 e. The molecule has 0 spiro atoms. The molecule has 2 aliphatic rings. The van der Waals surface area contributed by atoms with Gasteiger partial charge in [0.15, 0.2) is 0 Å². The number of hydrogen-bond donors (Lipinski definition) is 1. The first-order valence-corrected chi connectivity index (χ1v) is 4.71. The Morgan fingerprint density at radius 2 is 1.73 bits per heavy atom. The molecule has 0 aliphatic heterocycles. The van der Waals surface area contributed by atoms with Crippen LogP contribution in [0.3, 0.4) is 0 Å². The molecule has 11 heavy (non-hydrogen) atoms. The Hall–Kier alpha value is -0.0400. The second-order valence-electron chi connectivity index (χ2n) is 5.05. The molecule has 2 saturated carbocycles. The van der Waals surface area contributed by atoms with Gasteiger partial charge in [0, 0.05) is 0 Å². The van der Waals surface area contributed by atoms with Gasteiger partial charge in [-0.3, -0.25) is 0 Å². The van der Waals surface area contributed by atoms with E-state index in [9.17, 15) is 5.11 Å². The van der Waals surface area contributed by atoms with E-state index in [2.05, 4.69) is 20.8 Å². The lowest BCUT2D eigenvalue weighted by Crippen LogP contribution is -2.22. The molecule has 2 aliphatic carbocycles. The van der Waals surface area contributed by atoms with Crippen LogP contribution in [0.25, 0.3) is 0 Å². The van der Waals surface area contributed by atoms with Crippen molar-refractivity contribution in [3.8, 4) is 0 Å². The molecule has 0 heterocycles. The van der Waals surface area contributed by atoms with Gasteiger partial charge in [-0.15, -0.1) is 0 Å². The van der Waals surface area contributed by atoms with E-state index in [1.54, 1.807) is 0 Å². The normalized spacial score (nSPS) is 53.5. The van der Waals surface area contributed by atoms with E-state index in [1.165, 1.54) is 6.42 Å². The maximum absolute atomic E-state index is 9.61. The smallest absolute Gasteiger partial charge is 0.0568 e. The molecule has 64 valence electrons. The van der Waals surface area contributed by atoms with E-state index >= 15 is 0 Å². The molecular weight excluding hydrogens is 136 g/mol. The van der Waals surface area contributed by atoms with Crippen molar-refractivity contribution < 1.29 is 5.11 Å². The molecule has 2 fully saturated rings. The van der Waals surface area contributed by atoms with Crippen molar-refractivity contribution in [1.29, 1.82) is 0 Å². The number of aliphatic hydroxyl groups is 1. The van der Waals surface area contributed by atoms with Crippen LogP contribution >= 0.6 is 0 Å². The summed E-state index contributed by atoms with van der Waals surface area (Å²) in [7, 11) is 0. The Balaban J connectivity index is 2.07. The molecule has 1 heteroatoms. The summed E-state index contributed by atoms with van der Waals surface area (Å²) in [5.41, 5.74) is 0.547. The highest BCUT2D eigenvalue weighted by molar-refractivity contribution is 5.08. The van der Waals surface area contributed by atoms with Crippen molar-refractivity contribution in [2.45, 2.75) is 39.7 Å². The molecule has 1 N–H and O–H groups in total. The molecule has 0 unspecified atom stereocenters. The van der Waals surface area contributed by atoms with Crippen LogP contribution in [0.2, 0.25) is 0 Å². The lowest BCUT2D eigenvalue weighted by molar-refractivity contribution is 0.0745. The third kappa shape index (κ3) is 0.936. The Morgan fingerprint density at radius 3 is 2.27 bits per heavy atom. The van der Waals surface area contributed by atoms with Crippen molar-refractivity contribution in [2.24, 2.45) is 23.2 Å². The maximum atomic E-state index is 9.61. The third-order valence-electron chi connectivity index (χ3n) is 4.07. The van der Waals surface area contributed by atoms with Gasteiger partial charge in [0.05, 0.1) is 6.10 Å². The van der Waals surface area contributed by atoms with Crippen LogP contribution in [-0.2, 0) is 0 Å². The fourth-order valence-corrected chi connectivity index (χ4v) is 2.84. The van der Waals surface area contributed by atoms with Crippen LogP contribution < -0.4 is 0 Å². The van der Waals surface area contributed by atoms with Crippen molar-refractivity contribution in [3.63, 3.8) is 0 Å². The van der Waals surface area contributed by atoms with E-state index in [1.807, 2.05) is 0 Å². The second-order valence-corrected chi connectivity index (χ2v) is 5.05. The summed E-state index contributed by atoms with van der Waals surface area (Å²) in [4.78, 5) is 0. The zero-order valence-corrected chi connectivity index (χ0v) is 7.67. The first kappa shape index (κ1) is 7.60. The molecule has 0 aromatic rings. The van der Waals surface area contributed by atoms with Gasteiger partial charge in [-0.1, -0.05) is 20.8 Å². The maximum Gasteiger partial charge on any atom is 0.0568 e. The van der Waals surface area contributed by atoms with Crippen molar-refractivity contribution in [1.82, 2.24) is 0 Å². The van der Waals surface area contributed by atoms with E-state index < -0.39 is 0 Å². The van der Waals surface area contributed by atoms with E-state index in [0.717, 1.165) is 18.3 Å². The van der Waals surface area contributed by atoms with Crippen LogP contribution in [0, 0.1) is 23.2 Å². The van der Waals surface area contributed by atoms with Crippen LogP contribution in [0.1, 0.15) is 33.6 Å². The Morgan fingerprint density at radius 1 is 1.18 bits per heavy atom. The van der Waals surface area contributed by atoms with Crippen molar-refractivity contribution in [3.05, 3.63) is 0 Å². The standard InChI is InChI=1S/C10H18O/c1-6-4-7-8(5-9(6)11)10(7,2)3/h6-9,11H,4-5H2,1-3H3/t6-,7-,8+,9-/m1/s1. The van der Waals surface area contributed by atoms with Gasteiger partial charge in [0.1, 0.15) is 0 Å². The monoisotopic (exact) mass is 154 g/mol. The lowest BCUT2D eigenvalue weighted by atomic mass is 9.88. The summed E-state index contributed by atoms with van der Waals surface area (Å²) in [5.74, 6) is 2.28. The molecule has 0 aromatic carbocycles. The number of hydrogen-bond acceptors (Lipinski definition) is 1. The quantitative estimate of drug-likeness (QED) is 0.566. The van der Waals surface area contributed by atoms with Gasteiger partial charge in [0.2, 0.25) is 0 Å². The first-order chi connectivity index (χ1) is 5.03. The summed E-state index contributed by atoms with van der Waals surface area (Å²) in [6, 6.07) is 0. The molecule has 2 rings (SSSR count). The fraction of sp³-hybridized carbons (Fsp3) is 1.00. The summed E-state index contributed by atoms with van der Waals surface area (Å²) >= 11 is 0. The van der Waals surface area contributed by atoms with Crippen LogP contribution in [0.4, 0.5) is 0 Å². The molecular formula is C10H18O. The summed E-state index contributed by atoms with van der Waals surface area (Å²) < 4.78 is 0. The van der Waals surface area contributed by atoms with Gasteiger partial charge >= 0.3 is 0 Å². The van der Waals surface area contributed by atoms with Gasteiger partial charge in [-0.2, -0.15) is 0 Å². The molecule has 0 saturated heterocycles. The van der Waals surface area contributed by atoms with E-state index in [4.69, 9.17) is 0 Å². The number of aliphatic hydroxyl groups excluding tert-OH is 1. The van der Waals surface area contributed by atoms with E-state index in [-0.39, 0.29) is 6.10 Å². The lowest BCUT2D eigenvalue weighted by Gasteiger charge is -2.22. The molecule has 4 atom stereocenters. The van der Waals surface area contributed by atoms with Crippen LogP contribution in [0.15, 0.2) is 0 Å². The van der Waals surface area contributed by atoms with Crippen LogP contribution in [-0.4, -0.2) is 11.2 Å². The molecule has 0 bridgehead atoms. The highest BCUT2D eigenvalue weighted by Crippen LogP contribution is 2.65. The highest BCUT2D eigenvalue weighted by Gasteiger charge is 2.60. The molecule has 1 nitrogen and oxygen atoms in total. The van der Waals surface area contributed by atoms with Crippen LogP contribution in [0.5, 0.6) is 0 Å². The fourth-order valence-electron chi connectivity index (χ4n) is 2.84. The minimum atomic E-state index is -0.0157. The topological polar surface area (TPSA) is 20.2 Å². The largest absolute Gasteiger partial charge is 0.393 e. The number of rotatable bonds is 0. The Kier molecular flexibility index (Phi) is 1.39. The first-order valence-electron chi connectivity index (χ1n) is 4.71. The second kappa shape index (κ2) is 2.01. The van der Waals surface area contributed by atoms with Crippen molar-refractivity contribution >= 4 is 0 Å². The summed E-state index contributed by atoms with van der Waals surface area (Å²) in [5, 5.41) is 9.61. The number of fused-ring (bicyclic) bond motifs is 1. The van der Waals surface area contributed by atoms with Gasteiger partial charge in [-0.25, -0.2) is 0 Å². The molecule has 0 radical (unpaired) electrons. The predicted molar refractivity (Wildman–Crippen MR) is 45.2 cm³/mol. The highest BCUT2D eigenvalue weighted by atomic mass is 16.3. The third-order valence-corrected chi connectivity index (χ3v) is 4.07.